The summed E-state index contributed by atoms with van der Waals surface area (Å²) in [6.07, 6.45) is 0. The molecule has 72 valence electrons. The number of benzene rings is 1. The zero-order valence-electron chi connectivity index (χ0n) is 7.92. The Hall–Kier alpha value is -0.900. The fourth-order valence-corrected chi connectivity index (χ4v) is 1.19. The Labute approximate surface area is 78.9 Å². The monoisotopic (exact) mass is 180 g/mol. The molecule has 0 atom stereocenters. The molecule has 0 aliphatic carbocycles. The molecule has 0 aliphatic heterocycles. The van der Waals surface area contributed by atoms with Crippen molar-refractivity contribution in [1.29, 1.82) is 0 Å². The summed E-state index contributed by atoms with van der Waals surface area (Å²) in [5, 5.41) is 0. The van der Waals surface area contributed by atoms with Gasteiger partial charge in [-0.2, -0.15) is 0 Å². The molecule has 0 spiro atoms. The van der Waals surface area contributed by atoms with E-state index in [1.807, 2.05) is 25.1 Å². The number of hydrogen-bond acceptors (Lipinski definition) is 3. The fraction of sp³-hybridized carbons (Fsp3) is 0.400. The predicted octanol–water partition coefficient (Wildman–Crippen LogP) is 1.19. The summed E-state index contributed by atoms with van der Waals surface area (Å²) in [5.74, 6) is 5.27. The SMILES string of the molecule is CCOCc1ccccc1CNN. The number of nitrogens with two attached hydrogens (primary N) is 1. The molecule has 0 fully saturated rings. The molecule has 1 aromatic rings. The third kappa shape index (κ3) is 3.14. The van der Waals surface area contributed by atoms with Crippen molar-refractivity contribution in [2.24, 2.45) is 5.84 Å². The zero-order chi connectivity index (χ0) is 9.52. The molecule has 0 aromatic heterocycles. The second-order valence-electron chi connectivity index (χ2n) is 2.79. The number of rotatable bonds is 5. The number of ether oxygens (including phenoxy) is 1. The van der Waals surface area contributed by atoms with E-state index in [9.17, 15) is 0 Å². The van der Waals surface area contributed by atoms with Crippen LogP contribution < -0.4 is 11.3 Å². The van der Waals surface area contributed by atoms with Gasteiger partial charge in [-0.1, -0.05) is 24.3 Å². The van der Waals surface area contributed by atoms with Crippen molar-refractivity contribution >= 4 is 0 Å². The van der Waals surface area contributed by atoms with Crippen LogP contribution in [-0.2, 0) is 17.9 Å². The highest BCUT2D eigenvalue weighted by Gasteiger charge is 1.99. The van der Waals surface area contributed by atoms with Crippen LogP contribution in [0.4, 0.5) is 0 Å². The van der Waals surface area contributed by atoms with Gasteiger partial charge in [-0.15, -0.1) is 0 Å². The van der Waals surface area contributed by atoms with E-state index < -0.39 is 0 Å². The quantitative estimate of drug-likeness (QED) is 0.528. The van der Waals surface area contributed by atoms with E-state index in [-0.39, 0.29) is 0 Å². The molecule has 1 aromatic carbocycles. The van der Waals surface area contributed by atoms with Gasteiger partial charge in [0.2, 0.25) is 0 Å². The normalized spacial score (nSPS) is 10.3. The van der Waals surface area contributed by atoms with Gasteiger partial charge >= 0.3 is 0 Å². The smallest absolute Gasteiger partial charge is 0.0719 e. The van der Waals surface area contributed by atoms with Crippen LogP contribution in [0.25, 0.3) is 0 Å². The Morgan fingerprint density at radius 3 is 2.62 bits per heavy atom. The summed E-state index contributed by atoms with van der Waals surface area (Å²) in [4.78, 5) is 0. The van der Waals surface area contributed by atoms with E-state index in [1.165, 1.54) is 11.1 Å². The van der Waals surface area contributed by atoms with Crippen molar-refractivity contribution in [2.75, 3.05) is 6.61 Å². The van der Waals surface area contributed by atoms with Gasteiger partial charge in [-0.25, -0.2) is 0 Å². The Balaban J connectivity index is 2.66. The van der Waals surface area contributed by atoms with Crippen molar-refractivity contribution < 1.29 is 4.74 Å². The molecular formula is C10H16N2O. The first kappa shape index (κ1) is 10.2. The lowest BCUT2D eigenvalue weighted by atomic mass is 10.1. The highest BCUT2D eigenvalue weighted by Crippen LogP contribution is 2.09. The van der Waals surface area contributed by atoms with Crippen molar-refractivity contribution in [3.05, 3.63) is 35.4 Å². The summed E-state index contributed by atoms with van der Waals surface area (Å²) in [6, 6.07) is 8.12. The molecule has 13 heavy (non-hydrogen) atoms. The molecule has 0 heterocycles. The molecule has 1 rings (SSSR count). The summed E-state index contributed by atoms with van der Waals surface area (Å²) >= 11 is 0. The van der Waals surface area contributed by atoms with Gasteiger partial charge in [0.1, 0.15) is 0 Å². The van der Waals surface area contributed by atoms with Crippen molar-refractivity contribution in [2.45, 2.75) is 20.1 Å². The Morgan fingerprint density at radius 2 is 2.00 bits per heavy atom. The number of hydrazine groups is 1. The van der Waals surface area contributed by atoms with Crippen LogP contribution in [0.2, 0.25) is 0 Å². The summed E-state index contributed by atoms with van der Waals surface area (Å²) < 4.78 is 5.34. The maximum atomic E-state index is 5.34. The molecule has 3 nitrogen and oxygen atoms in total. The van der Waals surface area contributed by atoms with E-state index in [0.717, 1.165) is 6.61 Å². The minimum Gasteiger partial charge on any atom is -0.377 e. The summed E-state index contributed by atoms with van der Waals surface area (Å²) in [6.45, 7) is 4.08. The second-order valence-corrected chi connectivity index (χ2v) is 2.79. The molecular weight excluding hydrogens is 164 g/mol. The highest BCUT2D eigenvalue weighted by molar-refractivity contribution is 5.26. The van der Waals surface area contributed by atoms with Crippen LogP contribution in [0.5, 0.6) is 0 Å². The lowest BCUT2D eigenvalue weighted by Gasteiger charge is -2.08. The van der Waals surface area contributed by atoms with Gasteiger partial charge in [-0.05, 0) is 18.1 Å². The van der Waals surface area contributed by atoms with E-state index >= 15 is 0 Å². The minimum absolute atomic E-state index is 0.661. The Bertz CT molecular complexity index is 250. The van der Waals surface area contributed by atoms with Crippen molar-refractivity contribution in [3.8, 4) is 0 Å². The second kappa shape index (κ2) is 5.70. The topological polar surface area (TPSA) is 47.3 Å². The molecule has 0 radical (unpaired) electrons. The van der Waals surface area contributed by atoms with Crippen LogP contribution in [0.1, 0.15) is 18.1 Å². The maximum absolute atomic E-state index is 5.34. The first-order chi connectivity index (χ1) is 6.38. The van der Waals surface area contributed by atoms with Gasteiger partial charge in [0.05, 0.1) is 6.61 Å². The van der Waals surface area contributed by atoms with E-state index in [4.69, 9.17) is 10.6 Å². The lowest BCUT2D eigenvalue weighted by molar-refractivity contribution is 0.133. The van der Waals surface area contributed by atoms with Gasteiger partial charge in [-0.3, -0.25) is 11.3 Å². The first-order valence-corrected chi connectivity index (χ1v) is 4.46. The Kier molecular flexibility index (Phi) is 4.46. The molecule has 0 saturated heterocycles. The van der Waals surface area contributed by atoms with Crippen molar-refractivity contribution in [1.82, 2.24) is 5.43 Å². The average molecular weight is 180 g/mol. The molecule has 0 aliphatic rings. The third-order valence-corrected chi connectivity index (χ3v) is 1.87. The fourth-order valence-electron chi connectivity index (χ4n) is 1.19. The van der Waals surface area contributed by atoms with Crippen LogP contribution in [0, 0.1) is 0 Å². The van der Waals surface area contributed by atoms with E-state index in [1.54, 1.807) is 0 Å². The standard InChI is InChI=1S/C10H16N2O/c1-2-13-8-10-6-4-3-5-9(10)7-12-11/h3-6,12H,2,7-8,11H2,1H3. The number of nitrogens with one attached hydrogen (secondary N) is 1. The maximum Gasteiger partial charge on any atom is 0.0719 e. The molecule has 0 bridgehead atoms. The van der Waals surface area contributed by atoms with Crippen molar-refractivity contribution in [3.63, 3.8) is 0 Å². The number of hydrogen-bond donors (Lipinski definition) is 2. The molecule has 0 unspecified atom stereocenters. The zero-order valence-corrected chi connectivity index (χ0v) is 7.92. The molecule has 3 N–H and O–H groups in total. The van der Waals surface area contributed by atoms with Gasteiger partial charge < -0.3 is 4.74 Å². The minimum atomic E-state index is 0.661. The van der Waals surface area contributed by atoms with Crippen LogP contribution >= 0.6 is 0 Å². The third-order valence-electron chi connectivity index (χ3n) is 1.87. The lowest BCUT2D eigenvalue weighted by Crippen LogP contribution is -2.21. The molecule has 3 heteroatoms. The molecule has 0 amide bonds. The Morgan fingerprint density at radius 1 is 1.31 bits per heavy atom. The largest absolute Gasteiger partial charge is 0.377 e. The van der Waals surface area contributed by atoms with Gasteiger partial charge in [0.15, 0.2) is 0 Å². The first-order valence-electron chi connectivity index (χ1n) is 4.46. The summed E-state index contributed by atoms with van der Waals surface area (Å²) in [5.41, 5.74) is 5.03. The van der Waals surface area contributed by atoms with E-state index in [2.05, 4.69) is 11.5 Å². The van der Waals surface area contributed by atoms with E-state index in [0.29, 0.717) is 13.2 Å². The highest BCUT2D eigenvalue weighted by atomic mass is 16.5. The van der Waals surface area contributed by atoms with Crippen LogP contribution in [-0.4, -0.2) is 6.61 Å². The average Bonchev–Trinajstić information content (AvgIpc) is 2.17. The van der Waals surface area contributed by atoms with Gasteiger partial charge in [0.25, 0.3) is 0 Å². The predicted molar refractivity (Wildman–Crippen MR) is 52.8 cm³/mol. The summed E-state index contributed by atoms with van der Waals surface area (Å²) in [7, 11) is 0. The van der Waals surface area contributed by atoms with Crippen LogP contribution in [0.15, 0.2) is 24.3 Å². The molecule has 0 saturated carbocycles. The van der Waals surface area contributed by atoms with Gasteiger partial charge in [0, 0.05) is 13.2 Å². The van der Waals surface area contributed by atoms with Crippen LogP contribution in [0.3, 0.4) is 0 Å².